The quantitative estimate of drug-likeness (QED) is 0.513. The third kappa shape index (κ3) is 3.25. The summed E-state index contributed by atoms with van der Waals surface area (Å²) in [7, 11) is 0. The summed E-state index contributed by atoms with van der Waals surface area (Å²) in [4.78, 5) is 11.8. The van der Waals surface area contributed by atoms with Gasteiger partial charge in [-0.1, -0.05) is 24.4 Å². The fraction of sp³-hybridized carbons (Fsp3) is 0.250. The Labute approximate surface area is 82.3 Å². The van der Waals surface area contributed by atoms with E-state index in [1.807, 2.05) is 0 Å². The first-order chi connectivity index (χ1) is 6.04. The fourth-order valence-corrected chi connectivity index (χ4v) is 1.07. The van der Waals surface area contributed by atoms with Gasteiger partial charge in [0.15, 0.2) is 0 Å². The maximum absolute atomic E-state index is 10.7. The Balaban J connectivity index is 4.67. The van der Waals surface area contributed by atoms with E-state index in [1.165, 1.54) is 12.2 Å². The molecule has 1 atom stereocenters. The number of hydrogen-bond acceptors (Lipinski definition) is 2. The van der Waals surface area contributed by atoms with Gasteiger partial charge in [0, 0.05) is 6.54 Å². The Hall–Kier alpha value is -1.36. The molecule has 0 heterocycles. The number of thiocarbonyl (C=S) groups is 1. The van der Waals surface area contributed by atoms with Gasteiger partial charge >= 0.3 is 6.09 Å². The normalized spacial score (nSPS) is 11.4. The standard InChI is InChI=1S/C8H12N2O2S/c1-3-5-10(8(11)12)6(4-2)7(9)13/h3-4,6H,1-2,5H2,(H2,9,13)(H,11,12). The van der Waals surface area contributed by atoms with Crippen molar-refractivity contribution in [3.05, 3.63) is 25.3 Å². The van der Waals surface area contributed by atoms with Crippen LogP contribution in [0.2, 0.25) is 0 Å². The van der Waals surface area contributed by atoms with E-state index in [2.05, 4.69) is 13.2 Å². The van der Waals surface area contributed by atoms with Crippen molar-refractivity contribution in [3.63, 3.8) is 0 Å². The van der Waals surface area contributed by atoms with Crippen LogP contribution in [0.3, 0.4) is 0 Å². The minimum absolute atomic E-state index is 0.0826. The van der Waals surface area contributed by atoms with Gasteiger partial charge in [-0.15, -0.1) is 13.2 Å². The summed E-state index contributed by atoms with van der Waals surface area (Å²) in [5.41, 5.74) is 5.34. The summed E-state index contributed by atoms with van der Waals surface area (Å²) in [6.07, 6.45) is 1.75. The second-order valence-electron chi connectivity index (χ2n) is 2.31. The van der Waals surface area contributed by atoms with Crippen LogP contribution in [0.1, 0.15) is 0 Å². The molecule has 0 saturated carbocycles. The summed E-state index contributed by atoms with van der Waals surface area (Å²) < 4.78 is 0. The first-order valence-electron chi connectivity index (χ1n) is 3.57. The highest BCUT2D eigenvalue weighted by atomic mass is 32.1. The monoisotopic (exact) mass is 200 g/mol. The molecule has 0 aliphatic heterocycles. The van der Waals surface area contributed by atoms with Crippen molar-refractivity contribution in [2.24, 2.45) is 5.73 Å². The van der Waals surface area contributed by atoms with Gasteiger partial charge < -0.3 is 10.8 Å². The summed E-state index contributed by atoms with van der Waals surface area (Å²) in [5.74, 6) is 0. The number of hydrogen-bond donors (Lipinski definition) is 2. The van der Waals surface area contributed by atoms with Crippen molar-refractivity contribution in [2.75, 3.05) is 6.54 Å². The van der Waals surface area contributed by atoms with Gasteiger partial charge in [0.1, 0.15) is 6.04 Å². The molecule has 72 valence electrons. The molecular weight excluding hydrogens is 188 g/mol. The van der Waals surface area contributed by atoms with Gasteiger partial charge in [-0.05, 0) is 0 Å². The molecule has 0 spiro atoms. The van der Waals surface area contributed by atoms with E-state index in [1.54, 1.807) is 0 Å². The number of nitrogens with two attached hydrogens (primary N) is 1. The Kier molecular flexibility index (Phi) is 4.76. The van der Waals surface area contributed by atoms with Crippen LogP contribution >= 0.6 is 12.2 Å². The van der Waals surface area contributed by atoms with Crippen molar-refractivity contribution in [3.8, 4) is 0 Å². The number of nitrogens with zero attached hydrogens (tertiary/aromatic N) is 1. The maximum atomic E-state index is 10.7. The van der Waals surface area contributed by atoms with Crippen LogP contribution in [-0.4, -0.2) is 33.7 Å². The van der Waals surface area contributed by atoms with E-state index in [9.17, 15) is 4.79 Å². The Morgan fingerprint density at radius 1 is 1.69 bits per heavy atom. The number of carbonyl (C=O) groups is 1. The number of amides is 1. The minimum Gasteiger partial charge on any atom is -0.465 e. The highest BCUT2D eigenvalue weighted by molar-refractivity contribution is 7.80. The lowest BCUT2D eigenvalue weighted by atomic mass is 10.2. The lowest BCUT2D eigenvalue weighted by Crippen LogP contribution is -2.45. The SMILES string of the molecule is C=CCN(C(=O)O)C(C=C)C(N)=S. The van der Waals surface area contributed by atoms with Gasteiger partial charge in [-0.25, -0.2) is 4.79 Å². The predicted molar refractivity (Wildman–Crippen MR) is 55.7 cm³/mol. The van der Waals surface area contributed by atoms with Crippen LogP contribution in [-0.2, 0) is 0 Å². The molecule has 1 amide bonds. The second kappa shape index (κ2) is 5.31. The van der Waals surface area contributed by atoms with E-state index in [0.29, 0.717) is 0 Å². The van der Waals surface area contributed by atoms with Gasteiger partial charge in [0.05, 0.1) is 4.99 Å². The fourth-order valence-electron chi connectivity index (χ4n) is 0.847. The molecule has 13 heavy (non-hydrogen) atoms. The van der Waals surface area contributed by atoms with Crippen LogP contribution in [0.5, 0.6) is 0 Å². The topological polar surface area (TPSA) is 66.6 Å². The second-order valence-corrected chi connectivity index (χ2v) is 2.78. The molecule has 4 nitrogen and oxygen atoms in total. The first kappa shape index (κ1) is 11.6. The molecule has 3 N–H and O–H groups in total. The third-order valence-electron chi connectivity index (χ3n) is 1.42. The van der Waals surface area contributed by atoms with Crippen molar-refractivity contribution in [1.29, 1.82) is 0 Å². The van der Waals surface area contributed by atoms with Crippen LogP contribution in [0.25, 0.3) is 0 Å². The van der Waals surface area contributed by atoms with E-state index < -0.39 is 12.1 Å². The average molecular weight is 200 g/mol. The Morgan fingerprint density at radius 3 is 2.46 bits per heavy atom. The van der Waals surface area contributed by atoms with E-state index >= 15 is 0 Å². The Morgan fingerprint density at radius 2 is 2.23 bits per heavy atom. The smallest absolute Gasteiger partial charge is 0.408 e. The summed E-state index contributed by atoms with van der Waals surface area (Å²) >= 11 is 4.69. The van der Waals surface area contributed by atoms with Crippen molar-refractivity contribution in [1.82, 2.24) is 4.90 Å². The van der Waals surface area contributed by atoms with Gasteiger partial charge in [-0.3, -0.25) is 4.90 Å². The van der Waals surface area contributed by atoms with Gasteiger partial charge in [-0.2, -0.15) is 0 Å². The zero-order chi connectivity index (χ0) is 10.4. The highest BCUT2D eigenvalue weighted by Crippen LogP contribution is 2.02. The van der Waals surface area contributed by atoms with Crippen molar-refractivity contribution < 1.29 is 9.90 Å². The molecule has 1 unspecified atom stereocenters. The zero-order valence-electron chi connectivity index (χ0n) is 7.14. The van der Waals surface area contributed by atoms with E-state index in [-0.39, 0.29) is 11.5 Å². The molecule has 0 aromatic rings. The molecule has 5 heteroatoms. The molecule has 0 saturated heterocycles. The Bertz CT molecular complexity index is 240. The summed E-state index contributed by atoms with van der Waals surface area (Å²) in [6.45, 7) is 7.07. The van der Waals surface area contributed by atoms with Crippen LogP contribution in [0.4, 0.5) is 4.79 Å². The maximum Gasteiger partial charge on any atom is 0.408 e. The van der Waals surface area contributed by atoms with Crippen molar-refractivity contribution >= 4 is 23.3 Å². The highest BCUT2D eigenvalue weighted by Gasteiger charge is 2.21. The van der Waals surface area contributed by atoms with E-state index in [0.717, 1.165) is 4.90 Å². The lowest BCUT2D eigenvalue weighted by molar-refractivity contribution is 0.149. The lowest BCUT2D eigenvalue weighted by Gasteiger charge is -2.24. The van der Waals surface area contributed by atoms with Crippen molar-refractivity contribution in [2.45, 2.75) is 6.04 Å². The summed E-state index contributed by atoms with van der Waals surface area (Å²) in [5, 5.41) is 8.77. The molecule has 0 fully saturated rings. The van der Waals surface area contributed by atoms with Crippen LogP contribution in [0, 0.1) is 0 Å². The predicted octanol–water partition coefficient (Wildman–Crippen LogP) is 0.993. The molecule has 0 aliphatic rings. The first-order valence-corrected chi connectivity index (χ1v) is 3.97. The van der Waals surface area contributed by atoms with Gasteiger partial charge in [0.25, 0.3) is 0 Å². The number of rotatable bonds is 5. The molecule has 0 aliphatic carbocycles. The average Bonchev–Trinajstić information content (AvgIpc) is 2.03. The van der Waals surface area contributed by atoms with Gasteiger partial charge in [0.2, 0.25) is 0 Å². The van der Waals surface area contributed by atoms with Crippen LogP contribution < -0.4 is 5.73 Å². The minimum atomic E-state index is -1.10. The molecule has 0 aromatic carbocycles. The molecule has 0 aromatic heterocycles. The molecule has 0 radical (unpaired) electrons. The van der Waals surface area contributed by atoms with Crippen LogP contribution in [0.15, 0.2) is 25.3 Å². The summed E-state index contributed by atoms with van der Waals surface area (Å²) in [6, 6.07) is -0.634. The molecular formula is C8H12N2O2S. The number of carboxylic acid groups (broad SMARTS) is 1. The largest absolute Gasteiger partial charge is 0.465 e. The third-order valence-corrected chi connectivity index (χ3v) is 1.66. The zero-order valence-corrected chi connectivity index (χ0v) is 7.96. The molecule has 0 bridgehead atoms. The molecule has 0 rings (SSSR count). The van der Waals surface area contributed by atoms with E-state index in [4.69, 9.17) is 23.1 Å².